The van der Waals surface area contributed by atoms with Crippen molar-refractivity contribution in [3.05, 3.63) is 35.9 Å². The lowest BCUT2D eigenvalue weighted by Gasteiger charge is -2.14. The van der Waals surface area contributed by atoms with Crippen LogP contribution in [0.2, 0.25) is 0 Å². The zero-order valence-electron chi connectivity index (χ0n) is 14.2. The molecule has 24 heavy (non-hydrogen) atoms. The molecule has 1 aliphatic rings. The Morgan fingerprint density at radius 2 is 1.92 bits per heavy atom. The molecule has 1 saturated heterocycles. The normalized spacial score (nSPS) is 17.3. The smallest absolute Gasteiger partial charge is 0.325 e. The molecule has 2 N–H and O–H groups in total. The molecular weight excluding hydrogens is 306 g/mol. The summed E-state index contributed by atoms with van der Waals surface area (Å²) in [5, 5.41) is 5.38. The van der Waals surface area contributed by atoms with Gasteiger partial charge in [-0.15, -0.1) is 0 Å². The summed E-state index contributed by atoms with van der Waals surface area (Å²) in [5.41, 5.74) is 1.28. The van der Waals surface area contributed by atoms with Gasteiger partial charge in [-0.25, -0.2) is 4.79 Å². The summed E-state index contributed by atoms with van der Waals surface area (Å²) in [7, 11) is 0. The first-order valence-electron chi connectivity index (χ1n) is 8.41. The number of unbranched alkanes of at least 4 members (excludes halogenated alkanes) is 1. The van der Waals surface area contributed by atoms with Gasteiger partial charge in [0.25, 0.3) is 5.91 Å². The SMILES string of the molecule is CC(C)C1NC(=O)N(CC(=O)NCCCCc2ccccc2)C1=O. The van der Waals surface area contributed by atoms with Gasteiger partial charge in [0, 0.05) is 6.54 Å². The number of carbonyl (C=O) groups excluding carboxylic acids is 3. The summed E-state index contributed by atoms with van der Waals surface area (Å²) in [6.07, 6.45) is 2.80. The summed E-state index contributed by atoms with van der Waals surface area (Å²) >= 11 is 0. The molecule has 6 nitrogen and oxygen atoms in total. The van der Waals surface area contributed by atoms with E-state index in [0.29, 0.717) is 6.54 Å². The zero-order valence-corrected chi connectivity index (χ0v) is 14.2. The second kappa shape index (κ2) is 8.47. The van der Waals surface area contributed by atoms with Crippen molar-refractivity contribution in [3.8, 4) is 0 Å². The first-order chi connectivity index (χ1) is 11.5. The number of carbonyl (C=O) groups is 3. The molecule has 1 atom stereocenters. The van der Waals surface area contributed by atoms with Gasteiger partial charge in [-0.3, -0.25) is 14.5 Å². The zero-order chi connectivity index (χ0) is 17.5. The fourth-order valence-electron chi connectivity index (χ4n) is 2.67. The number of hydrogen-bond donors (Lipinski definition) is 2. The van der Waals surface area contributed by atoms with Crippen LogP contribution in [0.1, 0.15) is 32.3 Å². The van der Waals surface area contributed by atoms with Gasteiger partial charge in [0.1, 0.15) is 12.6 Å². The number of urea groups is 1. The number of nitrogens with zero attached hydrogens (tertiary/aromatic N) is 1. The number of benzene rings is 1. The maximum absolute atomic E-state index is 12.1. The first-order valence-corrected chi connectivity index (χ1v) is 8.41. The molecular formula is C18H25N3O3. The minimum atomic E-state index is -0.531. The van der Waals surface area contributed by atoms with Crippen molar-refractivity contribution in [3.63, 3.8) is 0 Å². The molecule has 6 heteroatoms. The molecule has 1 unspecified atom stereocenters. The topological polar surface area (TPSA) is 78.5 Å². The Morgan fingerprint density at radius 3 is 2.54 bits per heavy atom. The number of aryl methyl sites for hydroxylation is 1. The van der Waals surface area contributed by atoms with E-state index in [4.69, 9.17) is 0 Å². The van der Waals surface area contributed by atoms with Crippen LogP contribution < -0.4 is 10.6 Å². The van der Waals surface area contributed by atoms with Crippen molar-refractivity contribution in [2.24, 2.45) is 5.92 Å². The van der Waals surface area contributed by atoms with E-state index in [1.54, 1.807) is 0 Å². The van der Waals surface area contributed by atoms with Crippen LogP contribution >= 0.6 is 0 Å². The van der Waals surface area contributed by atoms with E-state index in [1.165, 1.54) is 5.56 Å². The Balaban J connectivity index is 1.66. The third-order valence-electron chi connectivity index (χ3n) is 4.08. The predicted octanol–water partition coefficient (Wildman–Crippen LogP) is 1.70. The summed E-state index contributed by atoms with van der Waals surface area (Å²) < 4.78 is 0. The lowest BCUT2D eigenvalue weighted by Crippen LogP contribution is -2.41. The lowest BCUT2D eigenvalue weighted by atomic mass is 10.1. The van der Waals surface area contributed by atoms with Gasteiger partial charge in [-0.2, -0.15) is 0 Å². The van der Waals surface area contributed by atoms with Crippen LogP contribution in [-0.4, -0.2) is 41.9 Å². The van der Waals surface area contributed by atoms with Crippen LogP contribution in [0.4, 0.5) is 4.79 Å². The molecule has 1 heterocycles. The average molecular weight is 331 g/mol. The summed E-state index contributed by atoms with van der Waals surface area (Å²) in [4.78, 5) is 36.8. The van der Waals surface area contributed by atoms with Crippen molar-refractivity contribution < 1.29 is 14.4 Å². The van der Waals surface area contributed by atoms with E-state index < -0.39 is 12.1 Å². The van der Waals surface area contributed by atoms with E-state index >= 15 is 0 Å². The highest BCUT2D eigenvalue weighted by molar-refractivity contribution is 6.06. The maximum atomic E-state index is 12.1. The fourth-order valence-corrected chi connectivity index (χ4v) is 2.67. The van der Waals surface area contributed by atoms with E-state index in [2.05, 4.69) is 22.8 Å². The summed E-state index contributed by atoms with van der Waals surface area (Å²) in [6.45, 7) is 4.05. The standard InChI is InChI=1S/C18H25N3O3/c1-13(2)16-17(23)21(18(24)20-16)12-15(22)19-11-7-6-10-14-8-4-3-5-9-14/h3-5,8-9,13,16H,6-7,10-12H2,1-2H3,(H,19,22)(H,20,24). The molecule has 1 aromatic rings. The predicted molar refractivity (Wildman–Crippen MR) is 91.3 cm³/mol. The van der Waals surface area contributed by atoms with Crippen LogP contribution in [0.5, 0.6) is 0 Å². The molecule has 130 valence electrons. The molecule has 4 amide bonds. The molecule has 0 saturated carbocycles. The summed E-state index contributed by atoms with van der Waals surface area (Å²) in [6, 6.07) is 9.17. The minimum Gasteiger partial charge on any atom is -0.355 e. The summed E-state index contributed by atoms with van der Waals surface area (Å²) in [5.74, 6) is -0.621. The fraction of sp³-hybridized carbons (Fsp3) is 0.500. The second-order valence-electron chi connectivity index (χ2n) is 6.39. The number of rotatable bonds is 8. The Kier molecular flexibility index (Phi) is 6.35. The molecule has 0 spiro atoms. The van der Waals surface area contributed by atoms with Gasteiger partial charge < -0.3 is 10.6 Å². The minimum absolute atomic E-state index is 0.00694. The Labute approximate surface area is 142 Å². The maximum Gasteiger partial charge on any atom is 0.325 e. The highest BCUT2D eigenvalue weighted by Crippen LogP contribution is 2.13. The van der Waals surface area contributed by atoms with Crippen molar-refractivity contribution >= 4 is 17.8 Å². The van der Waals surface area contributed by atoms with E-state index in [0.717, 1.165) is 24.2 Å². The first kappa shape index (κ1) is 18.0. The van der Waals surface area contributed by atoms with Crippen molar-refractivity contribution in [1.82, 2.24) is 15.5 Å². The monoisotopic (exact) mass is 331 g/mol. The van der Waals surface area contributed by atoms with Gasteiger partial charge in [0.15, 0.2) is 0 Å². The number of amides is 4. The molecule has 0 aliphatic carbocycles. The van der Waals surface area contributed by atoms with Gasteiger partial charge in [-0.1, -0.05) is 44.2 Å². The van der Waals surface area contributed by atoms with Crippen LogP contribution in [0.3, 0.4) is 0 Å². The quantitative estimate of drug-likeness (QED) is 0.562. The second-order valence-corrected chi connectivity index (χ2v) is 6.39. The van der Waals surface area contributed by atoms with Gasteiger partial charge in [-0.05, 0) is 30.7 Å². The van der Waals surface area contributed by atoms with Crippen LogP contribution in [-0.2, 0) is 16.0 Å². The van der Waals surface area contributed by atoms with Gasteiger partial charge in [0.2, 0.25) is 5.91 Å². The van der Waals surface area contributed by atoms with Crippen molar-refractivity contribution in [2.75, 3.05) is 13.1 Å². The van der Waals surface area contributed by atoms with Crippen molar-refractivity contribution in [1.29, 1.82) is 0 Å². The van der Waals surface area contributed by atoms with Crippen LogP contribution in [0, 0.1) is 5.92 Å². The molecule has 0 bridgehead atoms. The highest BCUT2D eigenvalue weighted by atomic mass is 16.2. The van der Waals surface area contributed by atoms with Crippen molar-refractivity contribution in [2.45, 2.75) is 39.2 Å². The third kappa shape index (κ3) is 4.81. The Bertz CT molecular complexity index is 586. The molecule has 1 aliphatic heterocycles. The number of imide groups is 1. The average Bonchev–Trinajstić information content (AvgIpc) is 2.84. The van der Waals surface area contributed by atoms with Crippen LogP contribution in [0.25, 0.3) is 0 Å². The number of hydrogen-bond acceptors (Lipinski definition) is 3. The number of nitrogens with one attached hydrogen (secondary N) is 2. The molecule has 1 fully saturated rings. The van der Waals surface area contributed by atoms with E-state index in [9.17, 15) is 14.4 Å². The molecule has 2 rings (SSSR count). The van der Waals surface area contributed by atoms with Crippen LogP contribution in [0.15, 0.2) is 30.3 Å². The lowest BCUT2D eigenvalue weighted by molar-refractivity contribution is -0.132. The molecule has 0 radical (unpaired) electrons. The highest BCUT2D eigenvalue weighted by Gasteiger charge is 2.40. The van der Waals surface area contributed by atoms with Gasteiger partial charge in [0.05, 0.1) is 0 Å². The van der Waals surface area contributed by atoms with Gasteiger partial charge >= 0.3 is 6.03 Å². The van der Waals surface area contributed by atoms with E-state index in [1.807, 2.05) is 32.0 Å². The largest absolute Gasteiger partial charge is 0.355 e. The Hall–Kier alpha value is -2.37. The Morgan fingerprint density at radius 1 is 1.21 bits per heavy atom. The van der Waals surface area contributed by atoms with E-state index in [-0.39, 0.29) is 24.3 Å². The molecule has 1 aromatic carbocycles. The third-order valence-corrected chi connectivity index (χ3v) is 4.08. The molecule has 0 aromatic heterocycles.